The fourth-order valence-electron chi connectivity index (χ4n) is 2.65. The van der Waals surface area contributed by atoms with Crippen LogP contribution in [0, 0.1) is 0 Å². The zero-order valence-corrected chi connectivity index (χ0v) is 17.6. The van der Waals surface area contributed by atoms with Crippen LogP contribution in [-0.2, 0) is 4.79 Å². The summed E-state index contributed by atoms with van der Waals surface area (Å²) in [4.78, 5) is 16.7. The van der Waals surface area contributed by atoms with Crippen LogP contribution in [0.15, 0.2) is 47.9 Å². The van der Waals surface area contributed by atoms with Crippen LogP contribution in [0.25, 0.3) is 17.3 Å². The molecule has 0 aliphatic carbocycles. The summed E-state index contributed by atoms with van der Waals surface area (Å²) in [7, 11) is 4.68. The average molecular weight is 431 g/mol. The lowest BCUT2D eigenvalue weighted by molar-refractivity contribution is -0.111. The maximum absolute atomic E-state index is 12.3. The van der Waals surface area contributed by atoms with E-state index in [1.54, 1.807) is 45.6 Å². The van der Waals surface area contributed by atoms with Crippen LogP contribution in [0.4, 0.5) is 5.13 Å². The molecule has 1 heterocycles. The number of amides is 1. The van der Waals surface area contributed by atoms with Crippen molar-refractivity contribution in [3.8, 4) is 28.5 Å². The lowest BCUT2D eigenvalue weighted by atomic mass is 10.1. The number of halogens is 1. The van der Waals surface area contributed by atoms with Crippen molar-refractivity contribution < 1.29 is 19.0 Å². The van der Waals surface area contributed by atoms with Crippen molar-refractivity contribution in [2.75, 3.05) is 26.6 Å². The molecule has 0 saturated carbocycles. The van der Waals surface area contributed by atoms with Gasteiger partial charge in [-0.25, -0.2) is 4.98 Å². The summed E-state index contributed by atoms with van der Waals surface area (Å²) < 4.78 is 15.8. The van der Waals surface area contributed by atoms with E-state index in [1.165, 1.54) is 17.4 Å². The van der Waals surface area contributed by atoms with Gasteiger partial charge in [0.25, 0.3) is 0 Å². The predicted octanol–water partition coefficient (Wildman–Crippen LogP) is 5.14. The Morgan fingerprint density at radius 1 is 1.10 bits per heavy atom. The standard InChI is InChI=1S/C21H19ClN2O4S/c1-26-17-9-7-14(11-15(17)22)16-12-29-21(23-16)24-19(25)10-8-13-5-4-6-18(27-2)20(13)28-3/h4-12H,1-3H3,(H,23,24,25)/b10-8+. The summed E-state index contributed by atoms with van der Waals surface area (Å²) in [5, 5.41) is 5.59. The SMILES string of the molecule is COc1ccc(-c2csc(NC(=O)/C=C/c3cccc(OC)c3OC)n2)cc1Cl. The molecule has 0 aliphatic heterocycles. The van der Waals surface area contributed by atoms with Crippen LogP contribution in [-0.4, -0.2) is 32.2 Å². The number of ether oxygens (including phenoxy) is 3. The predicted molar refractivity (Wildman–Crippen MR) is 116 cm³/mol. The first-order chi connectivity index (χ1) is 14.0. The van der Waals surface area contributed by atoms with Crippen molar-refractivity contribution in [2.45, 2.75) is 0 Å². The highest BCUT2D eigenvalue weighted by molar-refractivity contribution is 7.14. The number of carbonyl (C=O) groups excluding carboxylic acids is 1. The molecule has 0 fully saturated rings. The van der Waals surface area contributed by atoms with E-state index in [-0.39, 0.29) is 5.91 Å². The largest absolute Gasteiger partial charge is 0.495 e. The number of benzene rings is 2. The van der Waals surface area contributed by atoms with Gasteiger partial charge in [-0.1, -0.05) is 23.7 Å². The molecule has 0 bridgehead atoms. The third kappa shape index (κ3) is 4.88. The first-order valence-electron chi connectivity index (χ1n) is 8.55. The zero-order chi connectivity index (χ0) is 20.8. The van der Waals surface area contributed by atoms with Crippen molar-refractivity contribution in [1.29, 1.82) is 0 Å². The van der Waals surface area contributed by atoms with Gasteiger partial charge in [0.05, 0.1) is 32.0 Å². The Hall–Kier alpha value is -3.03. The van der Waals surface area contributed by atoms with Crippen LogP contribution in [0.1, 0.15) is 5.56 Å². The second-order valence-electron chi connectivity index (χ2n) is 5.79. The number of aromatic nitrogens is 1. The van der Waals surface area contributed by atoms with E-state index in [0.29, 0.717) is 33.1 Å². The molecule has 1 aromatic heterocycles. The topological polar surface area (TPSA) is 69.7 Å². The van der Waals surface area contributed by atoms with Crippen molar-refractivity contribution in [2.24, 2.45) is 0 Å². The van der Waals surface area contributed by atoms with Gasteiger partial charge in [0.2, 0.25) is 5.91 Å². The first kappa shape index (κ1) is 20.7. The van der Waals surface area contributed by atoms with Gasteiger partial charge in [0, 0.05) is 22.6 Å². The Morgan fingerprint density at radius 2 is 1.90 bits per heavy atom. The number of methoxy groups -OCH3 is 3. The van der Waals surface area contributed by atoms with Crippen molar-refractivity contribution in [3.63, 3.8) is 0 Å². The number of para-hydroxylation sites is 1. The van der Waals surface area contributed by atoms with E-state index in [0.717, 1.165) is 11.1 Å². The molecule has 0 unspecified atom stereocenters. The molecule has 1 N–H and O–H groups in total. The number of hydrogen-bond donors (Lipinski definition) is 1. The minimum Gasteiger partial charge on any atom is -0.495 e. The van der Waals surface area contributed by atoms with Gasteiger partial charge < -0.3 is 14.2 Å². The highest BCUT2D eigenvalue weighted by Gasteiger charge is 2.10. The third-order valence-corrected chi connectivity index (χ3v) is 5.08. The zero-order valence-electron chi connectivity index (χ0n) is 16.1. The highest BCUT2D eigenvalue weighted by Crippen LogP contribution is 2.33. The quantitative estimate of drug-likeness (QED) is 0.525. The monoisotopic (exact) mass is 430 g/mol. The fraction of sp³-hybridized carbons (Fsp3) is 0.143. The van der Waals surface area contributed by atoms with Gasteiger partial charge >= 0.3 is 0 Å². The van der Waals surface area contributed by atoms with Gasteiger partial charge in [-0.2, -0.15) is 0 Å². The van der Waals surface area contributed by atoms with E-state index in [9.17, 15) is 4.79 Å². The van der Waals surface area contributed by atoms with E-state index >= 15 is 0 Å². The van der Waals surface area contributed by atoms with Crippen molar-refractivity contribution >= 4 is 40.1 Å². The summed E-state index contributed by atoms with van der Waals surface area (Å²) in [6, 6.07) is 10.9. The lowest BCUT2D eigenvalue weighted by Gasteiger charge is -2.09. The third-order valence-electron chi connectivity index (χ3n) is 4.03. The lowest BCUT2D eigenvalue weighted by Crippen LogP contribution is -2.07. The molecule has 2 aromatic carbocycles. The molecule has 0 spiro atoms. The molecule has 3 aromatic rings. The first-order valence-corrected chi connectivity index (χ1v) is 9.81. The molecule has 6 nitrogen and oxygen atoms in total. The summed E-state index contributed by atoms with van der Waals surface area (Å²) in [5.41, 5.74) is 2.28. The molecule has 1 amide bonds. The van der Waals surface area contributed by atoms with Crippen molar-refractivity contribution in [1.82, 2.24) is 4.98 Å². The number of nitrogens with zero attached hydrogens (tertiary/aromatic N) is 1. The Labute approximate surface area is 177 Å². The molecule has 150 valence electrons. The fourth-order valence-corrected chi connectivity index (χ4v) is 3.63. The minimum atomic E-state index is -0.302. The maximum Gasteiger partial charge on any atom is 0.250 e. The second-order valence-corrected chi connectivity index (χ2v) is 7.06. The van der Waals surface area contributed by atoms with E-state index in [1.807, 2.05) is 23.6 Å². The van der Waals surface area contributed by atoms with Crippen molar-refractivity contribution in [3.05, 3.63) is 58.4 Å². The summed E-state index contributed by atoms with van der Waals surface area (Å²) in [6.45, 7) is 0. The van der Waals surface area contributed by atoms with Crippen LogP contribution in [0.5, 0.6) is 17.2 Å². The number of thiazole rings is 1. The van der Waals surface area contributed by atoms with Gasteiger partial charge in [0.1, 0.15) is 5.75 Å². The highest BCUT2D eigenvalue weighted by atomic mass is 35.5. The Bertz CT molecular complexity index is 1050. The van der Waals surface area contributed by atoms with Crippen LogP contribution < -0.4 is 19.5 Å². The van der Waals surface area contributed by atoms with Crippen LogP contribution >= 0.6 is 22.9 Å². The number of nitrogens with one attached hydrogen (secondary N) is 1. The molecule has 3 rings (SSSR count). The van der Waals surface area contributed by atoms with E-state index in [2.05, 4.69) is 10.3 Å². The maximum atomic E-state index is 12.3. The number of anilines is 1. The normalized spacial score (nSPS) is 10.8. The van der Waals surface area contributed by atoms with Crippen LogP contribution in [0.2, 0.25) is 5.02 Å². The molecule has 0 aliphatic rings. The van der Waals surface area contributed by atoms with Gasteiger partial charge in [-0.3, -0.25) is 10.1 Å². The molecule has 0 saturated heterocycles. The Kier molecular flexibility index (Phi) is 6.74. The molecule has 0 radical (unpaired) electrons. The van der Waals surface area contributed by atoms with Gasteiger partial charge in [-0.15, -0.1) is 11.3 Å². The molecular weight excluding hydrogens is 412 g/mol. The summed E-state index contributed by atoms with van der Waals surface area (Å²) in [6.07, 6.45) is 3.08. The van der Waals surface area contributed by atoms with Gasteiger partial charge in [0.15, 0.2) is 16.6 Å². The second kappa shape index (κ2) is 9.45. The van der Waals surface area contributed by atoms with Crippen LogP contribution in [0.3, 0.4) is 0 Å². The molecular formula is C21H19ClN2O4S. The Morgan fingerprint density at radius 3 is 2.59 bits per heavy atom. The molecule has 8 heteroatoms. The molecule has 29 heavy (non-hydrogen) atoms. The smallest absolute Gasteiger partial charge is 0.250 e. The van der Waals surface area contributed by atoms with E-state index in [4.69, 9.17) is 25.8 Å². The average Bonchev–Trinajstić information content (AvgIpc) is 3.20. The number of hydrogen-bond acceptors (Lipinski definition) is 6. The summed E-state index contributed by atoms with van der Waals surface area (Å²) >= 11 is 7.50. The van der Waals surface area contributed by atoms with E-state index < -0.39 is 0 Å². The number of carbonyl (C=O) groups is 1. The minimum absolute atomic E-state index is 0.302. The van der Waals surface area contributed by atoms with Gasteiger partial charge in [-0.05, 0) is 30.3 Å². The Balaban J connectivity index is 1.71. The molecule has 0 atom stereocenters. The number of rotatable bonds is 7. The summed E-state index contributed by atoms with van der Waals surface area (Å²) in [5.74, 6) is 1.45.